The fourth-order valence-electron chi connectivity index (χ4n) is 2.42. The van der Waals surface area contributed by atoms with Gasteiger partial charge >= 0.3 is 5.97 Å². The van der Waals surface area contributed by atoms with Crippen LogP contribution in [0.4, 0.5) is 5.69 Å². The SMILES string of the molecule is O=C(N/N=C/c1cc(Cl)ccc1OC(=O)c1ccc(Br)cc1)c1ccc([N+](=O)[O-])cc1. The molecule has 0 aliphatic carbocycles. The molecule has 10 heteroatoms. The van der Waals surface area contributed by atoms with Crippen LogP contribution in [0.3, 0.4) is 0 Å². The van der Waals surface area contributed by atoms with Gasteiger partial charge in [-0.3, -0.25) is 14.9 Å². The van der Waals surface area contributed by atoms with Gasteiger partial charge in [0.2, 0.25) is 0 Å². The lowest BCUT2D eigenvalue weighted by atomic mass is 10.2. The van der Waals surface area contributed by atoms with Gasteiger partial charge in [0.15, 0.2) is 0 Å². The quantitative estimate of drug-likeness (QED) is 0.168. The second kappa shape index (κ2) is 9.96. The molecule has 0 aliphatic rings. The lowest BCUT2D eigenvalue weighted by Gasteiger charge is -2.08. The van der Waals surface area contributed by atoms with Gasteiger partial charge in [-0.15, -0.1) is 0 Å². The van der Waals surface area contributed by atoms with E-state index in [1.54, 1.807) is 30.3 Å². The minimum absolute atomic E-state index is 0.129. The molecule has 156 valence electrons. The highest BCUT2D eigenvalue weighted by Crippen LogP contribution is 2.23. The average molecular weight is 503 g/mol. The summed E-state index contributed by atoms with van der Waals surface area (Å²) in [5, 5.41) is 14.9. The number of non-ortho nitro benzene ring substituents is 1. The number of rotatable bonds is 6. The fraction of sp³-hybridized carbons (Fsp3) is 0. The number of amides is 1. The van der Waals surface area contributed by atoms with Gasteiger partial charge in [-0.05, 0) is 54.6 Å². The lowest BCUT2D eigenvalue weighted by Crippen LogP contribution is -2.17. The summed E-state index contributed by atoms with van der Waals surface area (Å²) in [5.74, 6) is -0.938. The molecule has 31 heavy (non-hydrogen) atoms. The monoisotopic (exact) mass is 501 g/mol. The van der Waals surface area contributed by atoms with Crippen LogP contribution in [0.25, 0.3) is 0 Å². The van der Waals surface area contributed by atoms with E-state index in [4.69, 9.17) is 16.3 Å². The van der Waals surface area contributed by atoms with Crippen molar-refractivity contribution in [1.82, 2.24) is 5.43 Å². The molecule has 0 radical (unpaired) electrons. The third kappa shape index (κ3) is 5.97. The first kappa shape index (κ1) is 22.1. The molecule has 0 atom stereocenters. The Labute approximate surface area is 189 Å². The van der Waals surface area contributed by atoms with E-state index >= 15 is 0 Å². The number of halogens is 2. The summed E-state index contributed by atoms with van der Waals surface area (Å²) in [6.07, 6.45) is 1.28. The van der Waals surface area contributed by atoms with Crippen molar-refractivity contribution < 1.29 is 19.2 Å². The number of benzene rings is 3. The number of hydrazone groups is 1. The minimum atomic E-state index is -0.570. The van der Waals surface area contributed by atoms with Gasteiger partial charge in [-0.25, -0.2) is 10.2 Å². The highest BCUT2D eigenvalue weighted by atomic mass is 79.9. The summed E-state index contributed by atoms with van der Waals surface area (Å²) in [5.41, 5.74) is 3.09. The molecule has 0 aromatic heterocycles. The Morgan fingerprint density at radius 2 is 1.68 bits per heavy atom. The average Bonchev–Trinajstić information content (AvgIpc) is 2.76. The van der Waals surface area contributed by atoms with E-state index in [-0.39, 0.29) is 17.0 Å². The third-order valence-corrected chi connectivity index (χ3v) is 4.73. The van der Waals surface area contributed by atoms with Crippen LogP contribution in [-0.2, 0) is 0 Å². The Balaban J connectivity index is 1.71. The van der Waals surface area contributed by atoms with Gasteiger partial charge in [0.25, 0.3) is 11.6 Å². The van der Waals surface area contributed by atoms with Crippen LogP contribution in [-0.4, -0.2) is 23.0 Å². The molecule has 0 bridgehead atoms. The fourth-order valence-corrected chi connectivity index (χ4v) is 2.86. The van der Waals surface area contributed by atoms with E-state index < -0.39 is 16.8 Å². The Morgan fingerprint density at radius 1 is 1.03 bits per heavy atom. The van der Waals surface area contributed by atoms with Crippen molar-refractivity contribution in [3.05, 3.63) is 103 Å². The number of hydrogen-bond acceptors (Lipinski definition) is 6. The van der Waals surface area contributed by atoms with Crippen LogP contribution in [0, 0.1) is 10.1 Å². The maximum Gasteiger partial charge on any atom is 0.343 e. The number of carbonyl (C=O) groups excluding carboxylic acids is 2. The molecule has 0 aliphatic heterocycles. The van der Waals surface area contributed by atoms with Crippen molar-refractivity contribution in [2.75, 3.05) is 0 Å². The zero-order valence-electron chi connectivity index (χ0n) is 15.6. The molecular weight excluding hydrogens is 490 g/mol. The minimum Gasteiger partial charge on any atom is -0.422 e. The Morgan fingerprint density at radius 3 is 2.32 bits per heavy atom. The van der Waals surface area contributed by atoms with Crippen molar-refractivity contribution in [2.45, 2.75) is 0 Å². The molecule has 1 amide bonds. The Hall–Kier alpha value is -3.56. The topological polar surface area (TPSA) is 111 Å². The zero-order chi connectivity index (χ0) is 22.4. The van der Waals surface area contributed by atoms with Gasteiger partial charge in [-0.1, -0.05) is 27.5 Å². The second-order valence-electron chi connectivity index (χ2n) is 6.08. The Kier molecular flexibility index (Phi) is 7.11. The maximum atomic E-state index is 12.4. The molecule has 3 aromatic carbocycles. The lowest BCUT2D eigenvalue weighted by molar-refractivity contribution is -0.384. The molecular formula is C21H13BrClN3O5. The maximum absolute atomic E-state index is 12.4. The largest absolute Gasteiger partial charge is 0.422 e. The number of nitro benzene ring substituents is 1. The van der Waals surface area contributed by atoms with Gasteiger partial charge in [-0.2, -0.15) is 5.10 Å². The number of esters is 1. The van der Waals surface area contributed by atoms with Gasteiger partial charge in [0.05, 0.1) is 16.7 Å². The van der Waals surface area contributed by atoms with E-state index in [0.29, 0.717) is 16.1 Å². The third-order valence-electron chi connectivity index (χ3n) is 3.96. The molecule has 8 nitrogen and oxygen atoms in total. The number of carbonyl (C=O) groups is 2. The van der Waals surface area contributed by atoms with Gasteiger partial charge in [0, 0.05) is 32.8 Å². The number of nitro groups is 1. The summed E-state index contributed by atoms with van der Waals surface area (Å²) < 4.78 is 6.25. The molecule has 0 fully saturated rings. The smallest absolute Gasteiger partial charge is 0.343 e. The highest BCUT2D eigenvalue weighted by molar-refractivity contribution is 9.10. The van der Waals surface area contributed by atoms with Gasteiger partial charge < -0.3 is 4.74 Å². The molecule has 0 spiro atoms. The van der Waals surface area contributed by atoms with Crippen molar-refractivity contribution in [3.8, 4) is 5.75 Å². The van der Waals surface area contributed by atoms with Gasteiger partial charge in [0.1, 0.15) is 5.75 Å². The molecule has 0 saturated carbocycles. The highest BCUT2D eigenvalue weighted by Gasteiger charge is 2.12. The summed E-state index contributed by atoms with van der Waals surface area (Å²) >= 11 is 9.31. The van der Waals surface area contributed by atoms with E-state index in [2.05, 4.69) is 26.5 Å². The van der Waals surface area contributed by atoms with Crippen LogP contribution in [0.5, 0.6) is 5.75 Å². The molecule has 3 rings (SSSR count). The van der Waals surface area contributed by atoms with E-state index in [9.17, 15) is 19.7 Å². The number of nitrogens with zero attached hydrogens (tertiary/aromatic N) is 2. The zero-order valence-corrected chi connectivity index (χ0v) is 18.0. The molecule has 0 heterocycles. The predicted molar refractivity (Wildman–Crippen MR) is 119 cm³/mol. The molecule has 0 unspecified atom stereocenters. The van der Waals surface area contributed by atoms with Crippen molar-refractivity contribution in [3.63, 3.8) is 0 Å². The summed E-state index contributed by atoms with van der Waals surface area (Å²) in [6, 6.07) is 16.3. The van der Waals surface area contributed by atoms with Crippen LogP contribution in [0.2, 0.25) is 5.02 Å². The summed E-state index contributed by atoms with van der Waals surface area (Å²) in [7, 11) is 0. The second-order valence-corrected chi connectivity index (χ2v) is 7.43. The first-order valence-corrected chi connectivity index (χ1v) is 9.86. The summed E-state index contributed by atoms with van der Waals surface area (Å²) in [4.78, 5) is 34.6. The molecule has 3 aromatic rings. The van der Waals surface area contributed by atoms with Crippen molar-refractivity contribution >= 4 is 51.3 Å². The molecule has 1 N–H and O–H groups in total. The van der Waals surface area contributed by atoms with Crippen molar-refractivity contribution in [2.24, 2.45) is 5.10 Å². The van der Waals surface area contributed by atoms with E-state index in [1.807, 2.05) is 0 Å². The summed E-state index contributed by atoms with van der Waals surface area (Å²) in [6.45, 7) is 0. The van der Waals surface area contributed by atoms with Crippen LogP contribution < -0.4 is 10.2 Å². The van der Waals surface area contributed by atoms with E-state index in [1.165, 1.54) is 42.6 Å². The number of hydrogen-bond donors (Lipinski definition) is 1. The van der Waals surface area contributed by atoms with Crippen LogP contribution in [0.1, 0.15) is 26.3 Å². The van der Waals surface area contributed by atoms with Crippen LogP contribution in [0.15, 0.2) is 76.3 Å². The Bertz CT molecular complexity index is 1160. The molecule has 0 saturated heterocycles. The number of ether oxygens (including phenoxy) is 1. The standard InChI is InChI=1S/C21H13BrClN3O5/c22-16-5-1-14(2-6-16)21(28)31-19-10-7-17(23)11-15(19)12-24-25-20(27)13-3-8-18(9-4-13)26(29)30/h1-12H,(H,25,27)/b24-12+. The number of nitrogens with one attached hydrogen (secondary N) is 1. The van der Waals surface area contributed by atoms with E-state index in [0.717, 1.165) is 4.47 Å². The normalized spacial score (nSPS) is 10.6. The first-order chi connectivity index (χ1) is 14.8. The first-order valence-electron chi connectivity index (χ1n) is 8.68. The predicted octanol–water partition coefficient (Wildman–Crippen LogP) is 4.99. The van der Waals surface area contributed by atoms with Crippen LogP contribution >= 0.6 is 27.5 Å². The van der Waals surface area contributed by atoms with Crippen molar-refractivity contribution in [1.29, 1.82) is 0 Å².